The van der Waals surface area contributed by atoms with E-state index in [0.717, 1.165) is 35.6 Å². The number of nitrogens with two attached hydrogens (primary N) is 1. The van der Waals surface area contributed by atoms with Crippen molar-refractivity contribution in [3.8, 4) is 11.5 Å². The van der Waals surface area contributed by atoms with Crippen molar-refractivity contribution in [2.24, 2.45) is 5.73 Å². The Kier molecular flexibility index (Phi) is 3.36. The van der Waals surface area contributed by atoms with Crippen LogP contribution in [0.3, 0.4) is 0 Å². The topological polar surface area (TPSA) is 62.3 Å². The molecular formula is C15H19N3O2. The largest absolute Gasteiger partial charge is 0.497 e. The van der Waals surface area contributed by atoms with Crippen LogP contribution in [0, 0.1) is 0 Å². The summed E-state index contributed by atoms with van der Waals surface area (Å²) < 4.78 is 13.2. The highest BCUT2D eigenvalue weighted by molar-refractivity contribution is 5.44. The van der Waals surface area contributed by atoms with E-state index in [2.05, 4.69) is 12.0 Å². The van der Waals surface area contributed by atoms with E-state index in [9.17, 15) is 0 Å². The van der Waals surface area contributed by atoms with Gasteiger partial charge in [0.2, 0.25) is 0 Å². The van der Waals surface area contributed by atoms with E-state index in [0.29, 0.717) is 0 Å². The highest BCUT2D eigenvalue weighted by Gasteiger charge is 2.28. The summed E-state index contributed by atoms with van der Waals surface area (Å²) in [5, 5.41) is 4.29. The molecule has 2 aromatic rings. The molecule has 3 rings (SSSR count). The van der Waals surface area contributed by atoms with Crippen molar-refractivity contribution in [1.29, 1.82) is 0 Å². The molecule has 0 saturated heterocycles. The molecule has 20 heavy (non-hydrogen) atoms. The van der Waals surface area contributed by atoms with Crippen LogP contribution in [0.1, 0.15) is 36.6 Å². The van der Waals surface area contributed by atoms with E-state index < -0.39 is 0 Å². The van der Waals surface area contributed by atoms with Crippen molar-refractivity contribution >= 4 is 0 Å². The minimum Gasteiger partial charge on any atom is -0.497 e. The Morgan fingerprint density at radius 2 is 2.35 bits per heavy atom. The van der Waals surface area contributed by atoms with Gasteiger partial charge in [0.05, 0.1) is 13.3 Å². The van der Waals surface area contributed by atoms with E-state index >= 15 is 0 Å². The number of fused-ring (bicyclic) bond motifs is 1. The van der Waals surface area contributed by atoms with Gasteiger partial charge in [-0.05, 0) is 25.1 Å². The van der Waals surface area contributed by atoms with Gasteiger partial charge in [-0.25, -0.2) is 0 Å². The first-order valence-electron chi connectivity index (χ1n) is 6.83. The number of rotatable bonds is 3. The van der Waals surface area contributed by atoms with Crippen LogP contribution in [0.15, 0.2) is 30.6 Å². The summed E-state index contributed by atoms with van der Waals surface area (Å²) in [6, 6.07) is 5.71. The second-order valence-electron chi connectivity index (χ2n) is 4.98. The van der Waals surface area contributed by atoms with Gasteiger partial charge in [0, 0.05) is 36.3 Å². The van der Waals surface area contributed by atoms with Crippen LogP contribution in [0.2, 0.25) is 0 Å². The highest BCUT2D eigenvalue weighted by atomic mass is 16.5. The van der Waals surface area contributed by atoms with Crippen molar-refractivity contribution < 1.29 is 9.47 Å². The maximum atomic E-state index is 6.27. The molecule has 106 valence electrons. The van der Waals surface area contributed by atoms with E-state index in [1.165, 1.54) is 0 Å². The summed E-state index contributed by atoms with van der Waals surface area (Å²) in [6.07, 6.45) is 4.59. The minimum atomic E-state index is -0.0520. The normalized spacial score (nSPS) is 21.1. The molecule has 0 saturated carbocycles. The van der Waals surface area contributed by atoms with Crippen molar-refractivity contribution in [3.63, 3.8) is 0 Å². The molecule has 1 aromatic heterocycles. The number of hydrogen-bond acceptors (Lipinski definition) is 4. The molecular weight excluding hydrogens is 254 g/mol. The summed E-state index contributed by atoms with van der Waals surface area (Å²) >= 11 is 0. The smallest absolute Gasteiger partial charge is 0.129 e. The zero-order valence-electron chi connectivity index (χ0n) is 11.7. The van der Waals surface area contributed by atoms with Gasteiger partial charge in [0.25, 0.3) is 0 Å². The Hall–Kier alpha value is -2.01. The first-order valence-corrected chi connectivity index (χ1v) is 6.83. The molecule has 0 aliphatic carbocycles. The summed E-state index contributed by atoms with van der Waals surface area (Å²) in [5.74, 6) is 1.64. The van der Waals surface area contributed by atoms with Crippen molar-refractivity contribution in [1.82, 2.24) is 9.78 Å². The van der Waals surface area contributed by atoms with E-state index in [-0.39, 0.29) is 12.1 Å². The van der Waals surface area contributed by atoms with Crippen LogP contribution in [0.5, 0.6) is 11.5 Å². The van der Waals surface area contributed by atoms with Gasteiger partial charge >= 0.3 is 0 Å². The van der Waals surface area contributed by atoms with Gasteiger partial charge in [-0.2, -0.15) is 5.10 Å². The van der Waals surface area contributed by atoms with Gasteiger partial charge < -0.3 is 15.2 Å². The second kappa shape index (κ2) is 5.17. The second-order valence-corrected chi connectivity index (χ2v) is 4.98. The summed E-state index contributed by atoms with van der Waals surface area (Å²) in [6.45, 7) is 2.92. The Labute approximate surface area is 118 Å². The lowest BCUT2D eigenvalue weighted by molar-refractivity contribution is 0.161. The SMILES string of the molecule is CCn1cc(C2CC(N)c3cc(OC)ccc3O2)cn1. The lowest BCUT2D eigenvalue weighted by Crippen LogP contribution is -2.24. The molecule has 0 fully saturated rings. The predicted molar refractivity (Wildman–Crippen MR) is 75.8 cm³/mol. The quantitative estimate of drug-likeness (QED) is 0.933. The Bertz CT molecular complexity index is 609. The first kappa shape index (κ1) is 13.0. The monoisotopic (exact) mass is 273 g/mol. The van der Waals surface area contributed by atoms with Gasteiger partial charge in [-0.15, -0.1) is 0 Å². The van der Waals surface area contributed by atoms with Gasteiger partial charge in [0.1, 0.15) is 17.6 Å². The highest BCUT2D eigenvalue weighted by Crippen LogP contribution is 2.40. The lowest BCUT2D eigenvalue weighted by Gasteiger charge is -2.30. The molecule has 2 atom stereocenters. The standard InChI is InChI=1S/C15H19N3O2/c1-3-18-9-10(8-17-18)15-7-13(16)12-6-11(19-2)4-5-14(12)20-15/h4-6,8-9,13,15H,3,7,16H2,1-2H3. The molecule has 0 spiro atoms. The van der Waals surface area contributed by atoms with Crippen LogP contribution in [-0.2, 0) is 6.54 Å². The molecule has 5 heteroatoms. The zero-order chi connectivity index (χ0) is 14.1. The third-order valence-corrected chi connectivity index (χ3v) is 3.70. The average Bonchev–Trinajstić information content (AvgIpc) is 2.96. The van der Waals surface area contributed by atoms with Crippen LogP contribution in [0.4, 0.5) is 0 Å². The Morgan fingerprint density at radius 3 is 3.05 bits per heavy atom. The van der Waals surface area contributed by atoms with Crippen LogP contribution in [-0.4, -0.2) is 16.9 Å². The van der Waals surface area contributed by atoms with Gasteiger partial charge in [-0.1, -0.05) is 0 Å². The molecule has 1 aliphatic heterocycles. The van der Waals surface area contributed by atoms with Gasteiger partial charge in [0.15, 0.2) is 0 Å². The number of benzene rings is 1. The summed E-state index contributed by atoms with van der Waals surface area (Å²) in [7, 11) is 1.65. The number of aromatic nitrogens is 2. The third kappa shape index (κ3) is 2.25. The number of nitrogens with zero attached hydrogens (tertiary/aromatic N) is 2. The zero-order valence-corrected chi connectivity index (χ0v) is 11.7. The van der Waals surface area contributed by atoms with E-state index in [1.54, 1.807) is 7.11 Å². The minimum absolute atomic E-state index is 0.0359. The molecule has 1 aromatic carbocycles. The Morgan fingerprint density at radius 1 is 1.50 bits per heavy atom. The summed E-state index contributed by atoms with van der Waals surface area (Å²) in [5.41, 5.74) is 8.35. The maximum absolute atomic E-state index is 6.27. The molecule has 2 unspecified atom stereocenters. The number of aryl methyl sites for hydroxylation is 1. The van der Waals surface area contributed by atoms with Crippen molar-refractivity contribution in [2.45, 2.75) is 32.0 Å². The van der Waals surface area contributed by atoms with E-state index in [4.69, 9.17) is 15.2 Å². The Balaban J connectivity index is 1.88. The molecule has 0 amide bonds. The van der Waals surface area contributed by atoms with Crippen LogP contribution >= 0.6 is 0 Å². The molecule has 2 heterocycles. The van der Waals surface area contributed by atoms with Gasteiger partial charge in [-0.3, -0.25) is 4.68 Å². The third-order valence-electron chi connectivity index (χ3n) is 3.70. The maximum Gasteiger partial charge on any atom is 0.129 e. The first-order chi connectivity index (χ1) is 9.71. The van der Waals surface area contributed by atoms with Crippen molar-refractivity contribution in [3.05, 3.63) is 41.7 Å². The van der Waals surface area contributed by atoms with Crippen LogP contribution < -0.4 is 15.2 Å². The number of methoxy groups -OCH3 is 1. The fraction of sp³-hybridized carbons (Fsp3) is 0.400. The number of hydrogen-bond donors (Lipinski definition) is 1. The fourth-order valence-electron chi connectivity index (χ4n) is 2.53. The molecule has 2 N–H and O–H groups in total. The average molecular weight is 273 g/mol. The predicted octanol–water partition coefficient (Wildman–Crippen LogP) is 2.44. The lowest BCUT2D eigenvalue weighted by atomic mass is 9.95. The fourth-order valence-corrected chi connectivity index (χ4v) is 2.53. The molecule has 5 nitrogen and oxygen atoms in total. The number of ether oxygens (including phenoxy) is 2. The van der Waals surface area contributed by atoms with E-state index in [1.807, 2.05) is 35.3 Å². The summed E-state index contributed by atoms with van der Waals surface area (Å²) in [4.78, 5) is 0. The van der Waals surface area contributed by atoms with Crippen molar-refractivity contribution in [2.75, 3.05) is 7.11 Å². The molecule has 0 bridgehead atoms. The molecule has 0 radical (unpaired) electrons. The van der Waals surface area contributed by atoms with Crippen LogP contribution in [0.25, 0.3) is 0 Å². The molecule has 1 aliphatic rings.